The molecule has 0 amide bonds. The molecule has 2 rings (SSSR count). The summed E-state index contributed by atoms with van der Waals surface area (Å²) < 4.78 is 30.5. The number of nitrogens with zero attached hydrogens (tertiary/aromatic N) is 1. The Kier molecular flexibility index (Phi) is 12.6. The van der Waals surface area contributed by atoms with Crippen molar-refractivity contribution in [1.82, 2.24) is 10.6 Å². The first-order chi connectivity index (χ1) is 14.0. The molecular formula is C22H32IN3O3S. The van der Waals surface area contributed by atoms with Crippen LogP contribution in [0.4, 0.5) is 0 Å². The molecule has 2 aromatic rings. The topological polar surface area (TPSA) is 79.8 Å². The Morgan fingerprint density at radius 1 is 1.03 bits per heavy atom. The summed E-state index contributed by atoms with van der Waals surface area (Å²) in [5, 5.41) is 6.25. The van der Waals surface area contributed by atoms with E-state index in [1.165, 1.54) is 0 Å². The highest BCUT2D eigenvalue weighted by molar-refractivity contribution is 14.0. The molecule has 0 saturated carbocycles. The molecule has 2 N–H and O–H groups in total. The molecule has 1 atom stereocenters. The van der Waals surface area contributed by atoms with Crippen molar-refractivity contribution in [1.29, 1.82) is 0 Å². The van der Waals surface area contributed by atoms with E-state index in [2.05, 4.69) is 22.5 Å². The van der Waals surface area contributed by atoms with Gasteiger partial charge in [0.2, 0.25) is 0 Å². The van der Waals surface area contributed by atoms with Gasteiger partial charge in [0.15, 0.2) is 15.8 Å². The van der Waals surface area contributed by atoms with Crippen LogP contribution in [0, 0.1) is 5.92 Å². The van der Waals surface area contributed by atoms with Crippen LogP contribution in [0.15, 0.2) is 70.6 Å². The summed E-state index contributed by atoms with van der Waals surface area (Å²) in [5.41, 5.74) is 1.15. The first-order valence-corrected chi connectivity index (χ1v) is 11.6. The lowest BCUT2D eigenvalue weighted by atomic mass is 10.2. The molecule has 0 aliphatic rings. The van der Waals surface area contributed by atoms with Gasteiger partial charge in [0.25, 0.3) is 0 Å². The average molecular weight is 545 g/mol. The molecule has 1 unspecified atom stereocenters. The number of aliphatic imine (C=N–C) groups is 1. The van der Waals surface area contributed by atoms with E-state index in [4.69, 9.17) is 4.74 Å². The van der Waals surface area contributed by atoms with E-state index < -0.39 is 9.84 Å². The third-order valence-corrected chi connectivity index (χ3v) is 5.92. The SMILES string of the molecule is CCNC(=NCC(C)COCc1ccccc1)NCCS(=O)(=O)c1ccccc1.I. The molecular weight excluding hydrogens is 513 g/mol. The number of hydrogen-bond donors (Lipinski definition) is 2. The monoisotopic (exact) mass is 545 g/mol. The van der Waals surface area contributed by atoms with Gasteiger partial charge in [-0.1, -0.05) is 55.5 Å². The van der Waals surface area contributed by atoms with Crippen LogP contribution < -0.4 is 10.6 Å². The van der Waals surface area contributed by atoms with Crippen LogP contribution in [0.1, 0.15) is 19.4 Å². The fourth-order valence-electron chi connectivity index (χ4n) is 2.64. The summed E-state index contributed by atoms with van der Waals surface area (Å²) in [6, 6.07) is 18.6. The Hall–Kier alpha value is -1.65. The molecule has 30 heavy (non-hydrogen) atoms. The maximum absolute atomic E-state index is 12.4. The van der Waals surface area contributed by atoms with E-state index in [9.17, 15) is 8.42 Å². The van der Waals surface area contributed by atoms with Gasteiger partial charge < -0.3 is 15.4 Å². The molecule has 0 heterocycles. The number of nitrogens with one attached hydrogen (secondary N) is 2. The Labute approximate surface area is 197 Å². The minimum atomic E-state index is -3.31. The molecule has 0 spiro atoms. The van der Waals surface area contributed by atoms with Crippen molar-refractivity contribution in [3.8, 4) is 0 Å². The number of benzene rings is 2. The number of ether oxygens (including phenoxy) is 1. The normalized spacial score (nSPS) is 12.7. The molecule has 0 saturated heterocycles. The summed E-state index contributed by atoms with van der Waals surface area (Å²) in [4.78, 5) is 4.89. The summed E-state index contributed by atoms with van der Waals surface area (Å²) in [7, 11) is -3.31. The van der Waals surface area contributed by atoms with E-state index in [1.54, 1.807) is 30.3 Å². The molecule has 2 aromatic carbocycles. The van der Waals surface area contributed by atoms with E-state index >= 15 is 0 Å². The lowest BCUT2D eigenvalue weighted by Gasteiger charge is -2.14. The quantitative estimate of drug-likeness (QED) is 0.257. The summed E-state index contributed by atoms with van der Waals surface area (Å²) >= 11 is 0. The highest BCUT2D eigenvalue weighted by atomic mass is 127. The fraction of sp³-hybridized carbons (Fsp3) is 0.409. The number of guanidine groups is 1. The van der Waals surface area contributed by atoms with Crippen LogP contribution in [0.2, 0.25) is 0 Å². The highest BCUT2D eigenvalue weighted by Crippen LogP contribution is 2.09. The standard InChI is InChI=1S/C22H31N3O3S.HI/c1-3-23-22(24-14-15-29(26,27)21-12-8-5-9-13-21)25-16-19(2)17-28-18-20-10-6-4-7-11-20;/h4-13,19H,3,14-18H2,1-2H3,(H2,23,24,25);1H. The third kappa shape index (κ3) is 9.90. The summed E-state index contributed by atoms with van der Waals surface area (Å²) in [6.07, 6.45) is 0. The predicted octanol–water partition coefficient (Wildman–Crippen LogP) is 3.49. The molecule has 0 radical (unpaired) electrons. The van der Waals surface area contributed by atoms with E-state index in [0.29, 0.717) is 43.7 Å². The van der Waals surface area contributed by atoms with Crippen molar-refractivity contribution >= 4 is 39.8 Å². The zero-order chi connectivity index (χ0) is 21.0. The molecule has 0 aliphatic heterocycles. The molecule has 0 aromatic heterocycles. The van der Waals surface area contributed by atoms with Crippen LogP contribution in [0.25, 0.3) is 0 Å². The summed E-state index contributed by atoms with van der Waals surface area (Å²) in [6.45, 7) is 6.85. The molecule has 8 heteroatoms. The van der Waals surface area contributed by atoms with Crippen molar-refractivity contribution in [2.75, 3.05) is 32.0 Å². The Morgan fingerprint density at radius 2 is 1.67 bits per heavy atom. The average Bonchev–Trinajstić information content (AvgIpc) is 2.73. The highest BCUT2D eigenvalue weighted by Gasteiger charge is 2.13. The van der Waals surface area contributed by atoms with E-state index in [1.807, 2.05) is 37.3 Å². The Balaban J connectivity index is 0.00000450. The van der Waals surface area contributed by atoms with Gasteiger partial charge in [-0.05, 0) is 30.5 Å². The molecule has 0 aliphatic carbocycles. The minimum absolute atomic E-state index is 0. The second kappa shape index (κ2) is 14.4. The minimum Gasteiger partial charge on any atom is -0.376 e. The van der Waals surface area contributed by atoms with Crippen molar-refractivity contribution in [2.24, 2.45) is 10.9 Å². The van der Waals surface area contributed by atoms with Crippen molar-refractivity contribution < 1.29 is 13.2 Å². The first kappa shape index (κ1) is 26.4. The molecule has 0 bridgehead atoms. The van der Waals surface area contributed by atoms with Crippen LogP contribution in [-0.4, -0.2) is 46.4 Å². The second-order valence-electron chi connectivity index (χ2n) is 6.88. The van der Waals surface area contributed by atoms with Crippen molar-refractivity contribution in [3.05, 3.63) is 66.2 Å². The molecule has 166 valence electrons. The lowest BCUT2D eigenvalue weighted by Crippen LogP contribution is -2.40. The van der Waals surface area contributed by atoms with Gasteiger partial charge >= 0.3 is 0 Å². The zero-order valence-corrected chi connectivity index (χ0v) is 20.7. The lowest BCUT2D eigenvalue weighted by molar-refractivity contribution is 0.0945. The predicted molar refractivity (Wildman–Crippen MR) is 133 cm³/mol. The second-order valence-corrected chi connectivity index (χ2v) is 8.99. The van der Waals surface area contributed by atoms with Crippen LogP contribution in [0.3, 0.4) is 0 Å². The first-order valence-electron chi connectivity index (χ1n) is 9.93. The fourth-order valence-corrected chi connectivity index (χ4v) is 3.82. The zero-order valence-electron chi connectivity index (χ0n) is 17.6. The van der Waals surface area contributed by atoms with Crippen LogP contribution in [0.5, 0.6) is 0 Å². The maximum Gasteiger partial charge on any atom is 0.191 e. The largest absolute Gasteiger partial charge is 0.376 e. The van der Waals surface area contributed by atoms with E-state index in [-0.39, 0.29) is 35.6 Å². The molecule has 6 nitrogen and oxygen atoms in total. The van der Waals surface area contributed by atoms with E-state index in [0.717, 1.165) is 5.56 Å². The van der Waals surface area contributed by atoms with Crippen molar-refractivity contribution in [3.63, 3.8) is 0 Å². The van der Waals surface area contributed by atoms with Gasteiger partial charge in [-0.3, -0.25) is 4.99 Å². The van der Waals surface area contributed by atoms with Crippen LogP contribution >= 0.6 is 24.0 Å². The van der Waals surface area contributed by atoms with Gasteiger partial charge in [0.1, 0.15) is 0 Å². The van der Waals surface area contributed by atoms with Gasteiger partial charge in [0.05, 0.1) is 23.9 Å². The van der Waals surface area contributed by atoms with Gasteiger partial charge in [0, 0.05) is 19.6 Å². The Morgan fingerprint density at radius 3 is 2.30 bits per heavy atom. The third-order valence-electron chi connectivity index (χ3n) is 4.18. The Bertz CT molecular complexity index is 846. The number of sulfone groups is 1. The van der Waals surface area contributed by atoms with Crippen molar-refractivity contribution in [2.45, 2.75) is 25.3 Å². The van der Waals surface area contributed by atoms with Gasteiger partial charge in [-0.15, -0.1) is 24.0 Å². The summed E-state index contributed by atoms with van der Waals surface area (Å²) in [5.74, 6) is 0.879. The number of hydrogen-bond acceptors (Lipinski definition) is 4. The number of halogens is 1. The smallest absolute Gasteiger partial charge is 0.191 e. The number of rotatable bonds is 11. The maximum atomic E-state index is 12.4. The van der Waals surface area contributed by atoms with Gasteiger partial charge in [-0.25, -0.2) is 8.42 Å². The molecule has 0 fully saturated rings. The van der Waals surface area contributed by atoms with Crippen LogP contribution in [-0.2, 0) is 21.2 Å². The van der Waals surface area contributed by atoms with Gasteiger partial charge in [-0.2, -0.15) is 0 Å².